The second-order valence-electron chi connectivity index (χ2n) is 4.23. The van der Waals surface area contributed by atoms with E-state index in [2.05, 4.69) is 0 Å². The summed E-state index contributed by atoms with van der Waals surface area (Å²) in [5.41, 5.74) is 0. The molecular formula is C11H19NO4. The minimum Gasteiger partial charge on any atom is -0.481 e. The van der Waals surface area contributed by atoms with Gasteiger partial charge in [0.05, 0.1) is 6.61 Å². The van der Waals surface area contributed by atoms with E-state index in [1.807, 2.05) is 6.92 Å². The quantitative estimate of drug-likeness (QED) is 0.654. The zero-order valence-corrected chi connectivity index (χ0v) is 9.81. The first-order chi connectivity index (χ1) is 7.56. The predicted octanol–water partition coefficient (Wildman–Crippen LogP) is 0.735. The van der Waals surface area contributed by atoms with Crippen molar-refractivity contribution in [3.63, 3.8) is 0 Å². The molecule has 5 nitrogen and oxygen atoms in total. The van der Waals surface area contributed by atoms with Crippen LogP contribution in [0.3, 0.4) is 0 Å². The Hall–Kier alpha value is -1.10. The van der Waals surface area contributed by atoms with Gasteiger partial charge in [0.2, 0.25) is 5.91 Å². The molecule has 92 valence electrons. The van der Waals surface area contributed by atoms with Crippen LogP contribution in [0, 0.1) is 5.92 Å². The van der Waals surface area contributed by atoms with Crippen LogP contribution in [-0.2, 0) is 14.3 Å². The van der Waals surface area contributed by atoms with Crippen molar-refractivity contribution in [1.82, 2.24) is 4.90 Å². The van der Waals surface area contributed by atoms with Crippen molar-refractivity contribution in [2.24, 2.45) is 5.92 Å². The van der Waals surface area contributed by atoms with Gasteiger partial charge in [0.15, 0.2) is 0 Å². The molecule has 0 heterocycles. The van der Waals surface area contributed by atoms with Gasteiger partial charge >= 0.3 is 5.97 Å². The van der Waals surface area contributed by atoms with Crippen molar-refractivity contribution in [3.8, 4) is 0 Å². The maximum absolute atomic E-state index is 11.7. The molecular weight excluding hydrogens is 210 g/mol. The maximum Gasteiger partial charge on any atom is 0.312 e. The highest BCUT2D eigenvalue weighted by Gasteiger charge is 2.34. The average molecular weight is 229 g/mol. The molecule has 0 radical (unpaired) electrons. The van der Waals surface area contributed by atoms with Crippen molar-refractivity contribution < 1.29 is 19.4 Å². The lowest BCUT2D eigenvalue weighted by atomic mass is 10.1. The number of amides is 1. The summed E-state index contributed by atoms with van der Waals surface area (Å²) >= 11 is 0. The fourth-order valence-corrected chi connectivity index (χ4v) is 1.81. The van der Waals surface area contributed by atoms with E-state index in [1.54, 1.807) is 12.0 Å². The molecule has 1 amide bonds. The fraction of sp³-hybridized carbons (Fsp3) is 0.818. The standard InChI is InChI=1S/C11H19NO4/c1-8(9-3-4-9)12(5-6-16-2)10(13)7-11(14)15/h8-9H,3-7H2,1-2H3,(H,14,15). The molecule has 0 aromatic carbocycles. The Morgan fingerprint density at radius 1 is 1.50 bits per heavy atom. The SMILES string of the molecule is COCCN(C(=O)CC(=O)O)C(C)C1CC1. The molecule has 0 aromatic rings. The average Bonchev–Trinajstić information content (AvgIpc) is 2.99. The molecule has 0 saturated heterocycles. The highest BCUT2D eigenvalue weighted by molar-refractivity contribution is 5.93. The molecule has 1 aliphatic carbocycles. The van der Waals surface area contributed by atoms with E-state index in [9.17, 15) is 9.59 Å². The number of hydrogen-bond acceptors (Lipinski definition) is 3. The number of methoxy groups -OCH3 is 1. The van der Waals surface area contributed by atoms with Crippen LogP contribution in [-0.4, -0.2) is 48.2 Å². The molecule has 0 spiro atoms. The fourth-order valence-electron chi connectivity index (χ4n) is 1.81. The first-order valence-corrected chi connectivity index (χ1v) is 5.56. The van der Waals surface area contributed by atoms with Crippen LogP contribution in [0.25, 0.3) is 0 Å². The van der Waals surface area contributed by atoms with Gasteiger partial charge in [-0.2, -0.15) is 0 Å². The van der Waals surface area contributed by atoms with Crippen LogP contribution in [0.15, 0.2) is 0 Å². The Balaban J connectivity index is 2.53. The minimum absolute atomic E-state index is 0.127. The summed E-state index contributed by atoms with van der Waals surface area (Å²) in [4.78, 5) is 23.9. The molecule has 1 N–H and O–H groups in total. The molecule has 16 heavy (non-hydrogen) atoms. The predicted molar refractivity (Wildman–Crippen MR) is 58.0 cm³/mol. The number of ether oxygens (including phenoxy) is 1. The molecule has 0 aromatic heterocycles. The second kappa shape index (κ2) is 5.84. The lowest BCUT2D eigenvalue weighted by Crippen LogP contribution is -2.42. The molecule has 1 unspecified atom stereocenters. The third-order valence-electron chi connectivity index (χ3n) is 2.95. The molecule has 0 aliphatic heterocycles. The second-order valence-corrected chi connectivity index (χ2v) is 4.23. The molecule has 1 fully saturated rings. The van der Waals surface area contributed by atoms with Gasteiger partial charge in [-0.15, -0.1) is 0 Å². The highest BCUT2D eigenvalue weighted by Crippen LogP contribution is 2.35. The smallest absolute Gasteiger partial charge is 0.312 e. The maximum atomic E-state index is 11.7. The summed E-state index contributed by atoms with van der Waals surface area (Å²) in [6.07, 6.45) is 1.83. The van der Waals surface area contributed by atoms with Crippen LogP contribution in [0.2, 0.25) is 0 Å². The molecule has 5 heteroatoms. The summed E-state index contributed by atoms with van der Waals surface area (Å²) in [7, 11) is 1.57. The highest BCUT2D eigenvalue weighted by atomic mass is 16.5. The molecule has 1 saturated carbocycles. The van der Waals surface area contributed by atoms with E-state index in [1.165, 1.54) is 0 Å². The van der Waals surface area contributed by atoms with Crippen LogP contribution in [0.1, 0.15) is 26.2 Å². The zero-order valence-electron chi connectivity index (χ0n) is 9.81. The number of carbonyl (C=O) groups is 2. The van der Waals surface area contributed by atoms with Gasteiger partial charge in [0.1, 0.15) is 6.42 Å². The van der Waals surface area contributed by atoms with Gasteiger partial charge in [-0.05, 0) is 25.7 Å². The van der Waals surface area contributed by atoms with E-state index in [-0.39, 0.29) is 11.9 Å². The number of aliphatic carboxylic acids is 1. The Morgan fingerprint density at radius 3 is 2.56 bits per heavy atom. The van der Waals surface area contributed by atoms with Crippen molar-refractivity contribution in [3.05, 3.63) is 0 Å². The number of carbonyl (C=O) groups excluding carboxylic acids is 1. The monoisotopic (exact) mass is 229 g/mol. The minimum atomic E-state index is -1.07. The van der Waals surface area contributed by atoms with E-state index < -0.39 is 12.4 Å². The summed E-state index contributed by atoms with van der Waals surface area (Å²) in [6.45, 7) is 2.90. The Labute approximate surface area is 95.4 Å². The van der Waals surface area contributed by atoms with E-state index in [0.29, 0.717) is 19.1 Å². The van der Waals surface area contributed by atoms with Gasteiger partial charge < -0.3 is 14.7 Å². The van der Waals surface area contributed by atoms with Crippen LogP contribution >= 0.6 is 0 Å². The van der Waals surface area contributed by atoms with Gasteiger partial charge in [-0.3, -0.25) is 9.59 Å². The summed E-state index contributed by atoms with van der Waals surface area (Å²) in [5, 5.41) is 8.62. The largest absolute Gasteiger partial charge is 0.481 e. The molecule has 1 aliphatic rings. The third kappa shape index (κ3) is 3.81. The molecule has 0 bridgehead atoms. The van der Waals surface area contributed by atoms with Gasteiger partial charge in [0, 0.05) is 19.7 Å². The summed E-state index contributed by atoms with van der Waals surface area (Å²) < 4.78 is 4.94. The number of hydrogen-bond donors (Lipinski definition) is 1. The Bertz CT molecular complexity index is 263. The van der Waals surface area contributed by atoms with Crippen LogP contribution in [0.4, 0.5) is 0 Å². The van der Waals surface area contributed by atoms with Crippen molar-refractivity contribution in [2.75, 3.05) is 20.3 Å². The van der Waals surface area contributed by atoms with Gasteiger partial charge in [-0.25, -0.2) is 0 Å². The lowest BCUT2D eigenvalue weighted by Gasteiger charge is -2.28. The van der Waals surface area contributed by atoms with Crippen molar-refractivity contribution >= 4 is 11.9 Å². The van der Waals surface area contributed by atoms with Gasteiger partial charge in [0.25, 0.3) is 0 Å². The number of carboxylic acid groups (broad SMARTS) is 1. The summed E-state index contributed by atoms with van der Waals surface area (Å²) in [5.74, 6) is -0.853. The topological polar surface area (TPSA) is 66.8 Å². The Kier molecular flexibility index (Phi) is 4.73. The first-order valence-electron chi connectivity index (χ1n) is 5.56. The Morgan fingerprint density at radius 2 is 2.12 bits per heavy atom. The normalized spacial score (nSPS) is 16.9. The van der Waals surface area contributed by atoms with Crippen LogP contribution < -0.4 is 0 Å². The van der Waals surface area contributed by atoms with Crippen molar-refractivity contribution in [1.29, 1.82) is 0 Å². The summed E-state index contributed by atoms with van der Waals surface area (Å²) in [6, 6.07) is 0.127. The number of carboxylic acids is 1. The van der Waals surface area contributed by atoms with Crippen LogP contribution in [0.5, 0.6) is 0 Å². The third-order valence-corrected chi connectivity index (χ3v) is 2.95. The number of nitrogens with zero attached hydrogens (tertiary/aromatic N) is 1. The van der Waals surface area contributed by atoms with Crippen molar-refractivity contribution in [2.45, 2.75) is 32.2 Å². The van der Waals surface area contributed by atoms with E-state index in [4.69, 9.17) is 9.84 Å². The lowest BCUT2D eigenvalue weighted by molar-refractivity contribution is -0.145. The zero-order chi connectivity index (χ0) is 12.1. The first kappa shape index (κ1) is 13.0. The van der Waals surface area contributed by atoms with E-state index in [0.717, 1.165) is 12.8 Å². The molecule has 1 rings (SSSR count). The van der Waals surface area contributed by atoms with Gasteiger partial charge in [-0.1, -0.05) is 0 Å². The molecule has 1 atom stereocenters. The number of rotatable bonds is 7. The van der Waals surface area contributed by atoms with E-state index >= 15 is 0 Å².